The SMILES string of the molecule is Cn1cc(-n2c(CCCl)nc3ccc(F)cc32)cn1. The summed E-state index contributed by atoms with van der Waals surface area (Å²) in [5.74, 6) is 0.991. The predicted molar refractivity (Wildman–Crippen MR) is 72.2 cm³/mol. The number of nitrogens with zero attached hydrogens (tertiary/aromatic N) is 4. The lowest BCUT2D eigenvalue weighted by molar-refractivity contribution is 0.629. The molecule has 0 atom stereocenters. The first-order valence-corrected chi connectivity index (χ1v) is 6.44. The van der Waals surface area contributed by atoms with E-state index in [1.807, 2.05) is 17.8 Å². The number of halogens is 2. The van der Waals surface area contributed by atoms with Crippen LogP contribution in [0.1, 0.15) is 5.82 Å². The van der Waals surface area contributed by atoms with E-state index in [1.54, 1.807) is 16.9 Å². The number of aryl methyl sites for hydroxylation is 2. The zero-order valence-electron chi connectivity index (χ0n) is 10.3. The molecule has 1 aromatic carbocycles. The van der Waals surface area contributed by atoms with E-state index in [-0.39, 0.29) is 5.82 Å². The minimum Gasteiger partial charge on any atom is -0.293 e. The van der Waals surface area contributed by atoms with Crippen molar-refractivity contribution in [3.63, 3.8) is 0 Å². The van der Waals surface area contributed by atoms with Gasteiger partial charge in [-0.05, 0) is 12.1 Å². The average Bonchev–Trinajstić information content (AvgIpc) is 2.93. The van der Waals surface area contributed by atoms with Gasteiger partial charge in [0.2, 0.25) is 0 Å². The van der Waals surface area contributed by atoms with E-state index in [0.717, 1.165) is 22.5 Å². The van der Waals surface area contributed by atoms with Crippen LogP contribution in [0.15, 0.2) is 30.6 Å². The summed E-state index contributed by atoms with van der Waals surface area (Å²) < 4.78 is 17.0. The van der Waals surface area contributed by atoms with Crippen molar-refractivity contribution < 1.29 is 4.39 Å². The van der Waals surface area contributed by atoms with Crippen molar-refractivity contribution in [1.82, 2.24) is 19.3 Å². The lowest BCUT2D eigenvalue weighted by Crippen LogP contribution is -2.01. The molecule has 2 heterocycles. The normalized spacial score (nSPS) is 11.3. The smallest absolute Gasteiger partial charge is 0.125 e. The standard InChI is InChI=1S/C13H12ClFN4/c1-18-8-10(7-16-18)19-12-6-9(15)2-3-11(12)17-13(19)4-5-14/h2-3,6-8H,4-5H2,1H3. The van der Waals surface area contributed by atoms with Gasteiger partial charge in [0.15, 0.2) is 0 Å². The highest BCUT2D eigenvalue weighted by Gasteiger charge is 2.13. The Labute approximate surface area is 114 Å². The van der Waals surface area contributed by atoms with Crippen LogP contribution in [-0.4, -0.2) is 25.2 Å². The molecule has 98 valence electrons. The molecule has 0 saturated heterocycles. The third kappa shape index (κ3) is 2.10. The number of aromatic nitrogens is 4. The first kappa shape index (κ1) is 12.2. The lowest BCUT2D eigenvalue weighted by atomic mass is 10.3. The molecule has 0 aliphatic rings. The molecule has 0 N–H and O–H groups in total. The van der Waals surface area contributed by atoms with Gasteiger partial charge in [-0.25, -0.2) is 9.37 Å². The number of benzene rings is 1. The largest absolute Gasteiger partial charge is 0.293 e. The van der Waals surface area contributed by atoms with Crippen molar-refractivity contribution in [2.75, 3.05) is 5.88 Å². The van der Waals surface area contributed by atoms with E-state index in [9.17, 15) is 4.39 Å². The summed E-state index contributed by atoms with van der Waals surface area (Å²) >= 11 is 5.81. The maximum Gasteiger partial charge on any atom is 0.125 e. The summed E-state index contributed by atoms with van der Waals surface area (Å²) in [6.07, 6.45) is 4.21. The Bertz CT molecular complexity index is 731. The molecular formula is C13H12ClFN4. The molecule has 3 aromatic rings. The summed E-state index contributed by atoms with van der Waals surface area (Å²) in [6.45, 7) is 0. The Morgan fingerprint density at radius 1 is 1.37 bits per heavy atom. The molecule has 0 aliphatic carbocycles. The number of rotatable bonds is 3. The zero-order chi connectivity index (χ0) is 13.4. The molecule has 4 nitrogen and oxygen atoms in total. The van der Waals surface area contributed by atoms with Crippen LogP contribution < -0.4 is 0 Å². The van der Waals surface area contributed by atoms with Crippen molar-refractivity contribution in [3.8, 4) is 5.69 Å². The predicted octanol–water partition coefficient (Wildman–Crippen LogP) is 2.68. The van der Waals surface area contributed by atoms with Gasteiger partial charge < -0.3 is 0 Å². The van der Waals surface area contributed by atoms with Crippen LogP contribution in [0.2, 0.25) is 0 Å². The molecule has 6 heteroatoms. The van der Waals surface area contributed by atoms with Crippen LogP contribution in [0.4, 0.5) is 4.39 Å². The highest BCUT2D eigenvalue weighted by molar-refractivity contribution is 6.17. The Kier molecular flexibility index (Phi) is 2.98. The van der Waals surface area contributed by atoms with Crippen molar-refractivity contribution >= 4 is 22.6 Å². The number of hydrogen-bond donors (Lipinski definition) is 0. The Morgan fingerprint density at radius 3 is 2.89 bits per heavy atom. The van der Waals surface area contributed by atoms with E-state index in [1.165, 1.54) is 12.1 Å². The van der Waals surface area contributed by atoms with Crippen LogP contribution in [0.5, 0.6) is 0 Å². The molecule has 0 amide bonds. The van der Waals surface area contributed by atoms with Gasteiger partial charge in [0.25, 0.3) is 0 Å². The van der Waals surface area contributed by atoms with Crippen LogP contribution >= 0.6 is 11.6 Å². The number of hydrogen-bond acceptors (Lipinski definition) is 2. The third-order valence-electron chi connectivity index (χ3n) is 2.95. The van der Waals surface area contributed by atoms with Gasteiger partial charge in [0.1, 0.15) is 11.6 Å². The fraction of sp³-hybridized carbons (Fsp3) is 0.231. The van der Waals surface area contributed by atoms with E-state index in [4.69, 9.17) is 11.6 Å². The van der Waals surface area contributed by atoms with E-state index < -0.39 is 0 Å². The maximum atomic E-state index is 13.4. The minimum atomic E-state index is -0.282. The molecule has 0 saturated carbocycles. The zero-order valence-corrected chi connectivity index (χ0v) is 11.1. The van der Waals surface area contributed by atoms with Crippen molar-refractivity contribution in [2.24, 2.45) is 7.05 Å². The van der Waals surface area contributed by atoms with Gasteiger partial charge in [0.05, 0.1) is 22.9 Å². The average molecular weight is 279 g/mol. The first-order valence-electron chi connectivity index (χ1n) is 5.91. The highest BCUT2D eigenvalue weighted by Crippen LogP contribution is 2.22. The second kappa shape index (κ2) is 4.66. The quantitative estimate of drug-likeness (QED) is 0.691. The van der Waals surface area contributed by atoms with Crippen LogP contribution in [0.3, 0.4) is 0 Å². The van der Waals surface area contributed by atoms with Crippen molar-refractivity contribution in [3.05, 3.63) is 42.2 Å². The van der Waals surface area contributed by atoms with E-state index in [0.29, 0.717) is 12.3 Å². The number of alkyl halides is 1. The molecule has 0 aliphatic heterocycles. The number of fused-ring (bicyclic) bond motifs is 1. The summed E-state index contributed by atoms with van der Waals surface area (Å²) in [5, 5.41) is 4.14. The van der Waals surface area contributed by atoms with Gasteiger partial charge in [-0.1, -0.05) is 0 Å². The fourth-order valence-electron chi connectivity index (χ4n) is 2.16. The molecule has 0 unspecified atom stereocenters. The summed E-state index contributed by atoms with van der Waals surface area (Å²) in [4.78, 5) is 4.50. The molecule has 0 bridgehead atoms. The molecule has 3 rings (SSSR count). The van der Waals surface area contributed by atoms with Gasteiger partial charge >= 0.3 is 0 Å². The minimum absolute atomic E-state index is 0.282. The summed E-state index contributed by atoms with van der Waals surface area (Å²) in [6, 6.07) is 4.57. The topological polar surface area (TPSA) is 35.6 Å². The van der Waals surface area contributed by atoms with E-state index >= 15 is 0 Å². The summed E-state index contributed by atoms with van der Waals surface area (Å²) in [7, 11) is 1.84. The van der Waals surface area contributed by atoms with Gasteiger partial charge in [-0.3, -0.25) is 9.25 Å². The van der Waals surface area contributed by atoms with Crippen molar-refractivity contribution in [1.29, 1.82) is 0 Å². The molecular weight excluding hydrogens is 267 g/mol. The first-order chi connectivity index (χ1) is 9.19. The van der Waals surface area contributed by atoms with E-state index in [2.05, 4.69) is 10.1 Å². The summed E-state index contributed by atoms with van der Waals surface area (Å²) in [5.41, 5.74) is 2.34. The highest BCUT2D eigenvalue weighted by atomic mass is 35.5. The lowest BCUT2D eigenvalue weighted by Gasteiger charge is -2.05. The molecule has 0 fully saturated rings. The molecule has 0 spiro atoms. The second-order valence-corrected chi connectivity index (χ2v) is 4.69. The maximum absolute atomic E-state index is 13.4. The second-order valence-electron chi connectivity index (χ2n) is 4.31. The van der Waals surface area contributed by atoms with Gasteiger partial charge in [-0.15, -0.1) is 11.6 Å². The third-order valence-corrected chi connectivity index (χ3v) is 3.14. The van der Waals surface area contributed by atoms with Crippen LogP contribution in [0.25, 0.3) is 16.7 Å². The van der Waals surface area contributed by atoms with Gasteiger partial charge in [-0.2, -0.15) is 5.10 Å². The molecule has 19 heavy (non-hydrogen) atoms. The van der Waals surface area contributed by atoms with Crippen LogP contribution in [0, 0.1) is 5.82 Å². The Hall–Kier alpha value is -1.88. The Morgan fingerprint density at radius 2 is 2.21 bits per heavy atom. The van der Waals surface area contributed by atoms with Crippen molar-refractivity contribution in [2.45, 2.75) is 6.42 Å². The molecule has 0 radical (unpaired) electrons. The Balaban J connectivity index is 2.29. The molecule has 2 aromatic heterocycles. The van der Waals surface area contributed by atoms with Crippen LogP contribution in [-0.2, 0) is 13.5 Å². The number of imidazole rings is 1. The monoisotopic (exact) mass is 278 g/mol. The van der Waals surface area contributed by atoms with Gasteiger partial charge in [0, 0.05) is 31.6 Å². The fourth-order valence-corrected chi connectivity index (χ4v) is 2.33.